The number of amides is 1. The standard InChI is InChI=1S/C20H27N5O2/c1-14-19(22-23-25(14)15-9-11-21-12-10-15)20(26)24-13-5-7-17(24)16-6-3-4-8-18(16)27-2/h3-4,6,8,15,17,21H,5,7,9-13H2,1-2H3/t17-/m1/s1. The normalized spacial score (nSPS) is 20.8. The predicted molar refractivity (Wildman–Crippen MR) is 102 cm³/mol. The average molecular weight is 369 g/mol. The maximum atomic E-state index is 13.3. The molecular formula is C20H27N5O2. The van der Waals surface area contributed by atoms with Gasteiger partial charge in [0.15, 0.2) is 5.69 Å². The Hall–Kier alpha value is -2.41. The number of ether oxygens (including phenoxy) is 1. The van der Waals surface area contributed by atoms with E-state index >= 15 is 0 Å². The molecule has 2 fully saturated rings. The van der Waals surface area contributed by atoms with Crippen LogP contribution in [0, 0.1) is 6.92 Å². The zero-order valence-corrected chi connectivity index (χ0v) is 16.0. The third-order valence-corrected chi connectivity index (χ3v) is 5.80. The monoisotopic (exact) mass is 369 g/mol. The Morgan fingerprint density at radius 2 is 2.00 bits per heavy atom. The summed E-state index contributed by atoms with van der Waals surface area (Å²) in [6, 6.07) is 8.30. The van der Waals surface area contributed by atoms with E-state index in [1.54, 1.807) is 7.11 Å². The van der Waals surface area contributed by atoms with Crippen molar-refractivity contribution in [2.24, 2.45) is 0 Å². The molecule has 2 saturated heterocycles. The van der Waals surface area contributed by atoms with Crippen molar-refractivity contribution in [3.8, 4) is 5.75 Å². The van der Waals surface area contributed by atoms with Gasteiger partial charge in [0, 0.05) is 12.1 Å². The van der Waals surface area contributed by atoms with Gasteiger partial charge in [-0.25, -0.2) is 4.68 Å². The lowest BCUT2D eigenvalue weighted by molar-refractivity contribution is 0.0727. The molecule has 2 aromatic rings. The molecule has 1 amide bonds. The maximum Gasteiger partial charge on any atom is 0.276 e. The second-order valence-corrected chi connectivity index (χ2v) is 7.35. The SMILES string of the molecule is COc1ccccc1[C@H]1CCCN1C(=O)c1nnn(C2CCNCC2)c1C. The van der Waals surface area contributed by atoms with Gasteiger partial charge in [-0.3, -0.25) is 4.79 Å². The van der Waals surface area contributed by atoms with Gasteiger partial charge in [-0.1, -0.05) is 23.4 Å². The molecule has 0 spiro atoms. The molecule has 0 radical (unpaired) electrons. The second-order valence-electron chi connectivity index (χ2n) is 7.35. The zero-order valence-electron chi connectivity index (χ0n) is 16.0. The van der Waals surface area contributed by atoms with E-state index in [1.807, 2.05) is 40.8 Å². The lowest BCUT2D eigenvalue weighted by Gasteiger charge is -2.26. The molecule has 3 heterocycles. The number of aromatic nitrogens is 3. The summed E-state index contributed by atoms with van der Waals surface area (Å²) in [4.78, 5) is 15.2. The molecule has 2 aliphatic heterocycles. The first kappa shape index (κ1) is 18.0. The van der Waals surface area contributed by atoms with Crippen molar-refractivity contribution in [3.05, 3.63) is 41.2 Å². The summed E-state index contributed by atoms with van der Waals surface area (Å²) in [5.74, 6) is 0.804. The number of nitrogens with one attached hydrogen (secondary N) is 1. The van der Waals surface area contributed by atoms with Crippen molar-refractivity contribution in [1.82, 2.24) is 25.2 Å². The van der Waals surface area contributed by atoms with Gasteiger partial charge in [0.2, 0.25) is 0 Å². The van der Waals surface area contributed by atoms with Gasteiger partial charge in [-0.15, -0.1) is 5.10 Å². The van der Waals surface area contributed by atoms with Gasteiger partial charge in [0.05, 0.1) is 24.9 Å². The molecule has 4 rings (SSSR count). The number of carbonyl (C=O) groups is 1. The van der Waals surface area contributed by atoms with Crippen LogP contribution in [0.25, 0.3) is 0 Å². The molecular weight excluding hydrogens is 342 g/mol. The van der Waals surface area contributed by atoms with E-state index in [9.17, 15) is 4.79 Å². The van der Waals surface area contributed by atoms with Crippen molar-refractivity contribution in [1.29, 1.82) is 0 Å². The first-order valence-corrected chi connectivity index (χ1v) is 9.77. The van der Waals surface area contributed by atoms with Crippen LogP contribution in [-0.4, -0.2) is 52.5 Å². The predicted octanol–water partition coefficient (Wildman–Crippen LogP) is 2.50. The van der Waals surface area contributed by atoms with E-state index in [-0.39, 0.29) is 11.9 Å². The van der Waals surface area contributed by atoms with Gasteiger partial charge in [-0.05, 0) is 51.8 Å². The fourth-order valence-corrected chi connectivity index (χ4v) is 4.35. The number of carbonyl (C=O) groups excluding carboxylic acids is 1. The number of hydrogen-bond acceptors (Lipinski definition) is 5. The van der Waals surface area contributed by atoms with Crippen LogP contribution in [0.2, 0.25) is 0 Å². The van der Waals surface area contributed by atoms with Crippen molar-refractivity contribution >= 4 is 5.91 Å². The summed E-state index contributed by atoms with van der Waals surface area (Å²) in [7, 11) is 1.68. The highest BCUT2D eigenvalue weighted by molar-refractivity contribution is 5.93. The van der Waals surface area contributed by atoms with E-state index in [4.69, 9.17) is 4.74 Å². The molecule has 7 heteroatoms. The highest BCUT2D eigenvalue weighted by Crippen LogP contribution is 2.37. The lowest BCUT2D eigenvalue weighted by Crippen LogP contribution is -2.32. The van der Waals surface area contributed by atoms with E-state index in [0.29, 0.717) is 11.7 Å². The molecule has 0 bridgehead atoms. The van der Waals surface area contributed by atoms with Gasteiger partial charge in [0.25, 0.3) is 5.91 Å². The minimum Gasteiger partial charge on any atom is -0.496 e. The van der Waals surface area contributed by atoms with Crippen LogP contribution in [0.4, 0.5) is 0 Å². The zero-order chi connectivity index (χ0) is 18.8. The van der Waals surface area contributed by atoms with E-state index in [2.05, 4.69) is 15.6 Å². The van der Waals surface area contributed by atoms with E-state index < -0.39 is 0 Å². The molecule has 2 aliphatic rings. The van der Waals surface area contributed by atoms with Gasteiger partial charge >= 0.3 is 0 Å². The molecule has 0 aliphatic carbocycles. The van der Waals surface area contributed by atoms with Crippen LogP contribution in [0.1, 0.15) is 59.5 Å². The third-order valence-electron chi connectivity index (χ3n) is 5.80. The minimum absolute atomic E-state index is 0.0251. The Bertz CT molecular complexity index is 812. The van der Waals surface area contributed by atoms with Crippen molar-refractivity contribution in [3.63, 3.8) is 0 Å². The fraction of sp³-hybridized carbons (Fsp3) is 0.550. The van der Waals surface area contributed by atoms with Crippen molar-refractivity contribution < 1.29 is 9.53 Å². The second kappa shape index (κ2) is 7.68. The maximum absolute atomic E-state index is 13.3. The van der Waals surface area contributed by atoms with Crippen LogP contribution in [0.3, 0.4) is 0 Å². The summed E-state index contributed by atoms with van der Waals surface area (Å²) in [6.07, 6.45) is 3.96. The molecule has 0 unspecified atom stereocenters. The minimum atomic E-state index is -0.0268. The summed E-state index contributed by atoms with van der Waals surface area (Å²) in [5, 5.41) is 12.0. The smallest absolute Gasteiger partial charge is 0.276 e. The van der Waals surface area contributed by atoms with Crippen LogP contribution in [0.5, 0.6) is 5.75 Å². The van der Waals surface area contributed by atoms with Crippen LogP contribution in [-0.2, 0) is 0 Å². The number of likely N-dealkylation sites (tertiary alicyclic amines) is 1. The summed E-state index contributed by atoms with van der Waals surface area (Å²) in [6.45, 7) is 4.66. The molecule has 1 aromatic carbocycles. The topological polar surface area (TPSA) is 72.3 Å². The molecule has 27 heavy (non-hydrogen) atoms. The third kappa shape index (κ3) is 3.32. The molecule has 7 nitrogen and oxygen atoms in total. The van der Waals surface area contributed by atoms with Gasteiger partial charge < -0.3 is 15.0 Å². The summed E-state index contributed by atoms with van der Waals surface area (Å²) < 4.78 is 7.47. The van der Waals surface area contributed by atoms with E-state index in [1.165, 1.54) is 0 Å². The Balaban J connectivity index is 1.59. The largest absolute Gasteiger partial charge is 0.496 e. The molecule has 0 saturated carbocycles. The van der Waals surface area contributed by atoms with Crippen LogP contribution >= 0.6 is 0 Å². The number of hydrogen-bond donors (Lipinski definition) is 1. The first-order chi connectivity index (χ1) is 13.2. The quantitative estimate of drug-likeness (QED) is 0.896. The van der Waals surface area contributed by atoms with Crippen molar-refractivity contribution in [2.75, 3.05) is 26.7 Å². The van der Waals surface area contributed by atoms with E-state index in [0.717, 1.165) is 62.3 Å². The lowest BCUT2D eigenvalue weighted by atomic mass is 10.0. The molecule has 1 atom stereocenters. The van der Waals surface area contributed by atoms with Gasteiger partial charge in [0.1, 0.15) is 5.75 Å². The number of rotatable bonds is 4. The first-order valence-electron chi connectivity index (χ1n) is 9.77. The van der Waals surface area contributed by atoms with Crippen molar-refractivity contribution in [2.45, 2.75) is 44.7 Å². The average Bonchev–Trinajstić information content (AvgIpc) is 3.35. The Morgan fingerprint density at radius 3 is 2.78 bits per heavy atom. The Labute approximate surface area is 159 Å². The Morgan fingerprint density at radius 1 is 1.22 bits per heavy atom. The molecule has 1 aromatic heterocycles. The van der Waals surface area contributed by atoms with Gasteiger partial charge in [-0.2, -0.15) is 0 Å². The van der Waals surface area contributed by atoms with Crippen LogP contribution < -0.4 is 10.1 Å². The number of nitrogens with zero attached hydrogens (tertiary/aromatic N) is 4. The summed E-state index contributed by atoms with van der Waals surface area (Å²) >= 11 is 0. The Kier molecular flexibility index (Phi) is 5.11. The highest BCUT2D eigenvalue weighted by atomic mass is 16.5. The van der Waals surface area contributed by atoms with Crippen LogP contribution in [0.15, 0.2) is 24.3 Å². The number of benzene rings is 1. The molecule has 1 N–H and O–H groups in total. The molecule has 144 valence electrons. The number of para-hydroxylation sites is 1. The fourth-order valence-electron chi connectivity index (χ4n) is 4.35. The highest BCUT2D eigenvalue weighted by Gasteiger charge is 2.35. The number of piperidine rings is 1. The number of methoxy groups -OCH3 is 1. The summed E-state index contributed by atoms with van der Waals surface area (Å²) in [5.41, 5.74) is 2.42.